The molecule has 0 unspecified atom stereocenters. The standard InChI is InChI=1S/C16H16N2O/c1-10(2)11-3-5-13-14-6-4-12(17-9-19)8-16(14)18-15(13)7-11/h3-10,18H,1-2H3,(H,17,19). The number of hydrogen-bond acceptors (Lipinski definition) is 1. The lowest BCUT2D eigenvalue weighted by atomic mass is 10.0. The SMILES string of the molecule is CC(C)c1ccc2c(c1)[nH]c1cc(NC=O)ccc12. The van der Waals surface area contributed by atoms with Gasteiger partial charge in [0.25, 0.3) is 0 Å². The highest BCUT2D eigenvalue weighted by molar-refractivity contribution is 6.08. The third-order valence-electron chi connectivity index (χ3n) is 3.51. The number of nitrogens with one attached hydrogen (secondary N) is 2. The van der Waals surface area contributed by atoms with Crippen LogP contribution in [0.1, 0.15) is 25.3 Å². The molecule has 1 amide bonds. The third-order valence-corrected chi connectivity index (χ3v) is 3.51. The predicted octanol–water partition coefficient (Wildman–Crippen LogP) is 4.01. The molecule has 3 aromatic rings. The maximum Gasteiger partial charge on any atom is 0.211 e. The summed E-state index contributed by atoms with van der Waals surface area (Å²) in [6.45, 7) is 4.38. The van der Waals surface area contributed by atoms with E-state index in [9.17, 15) is 4.79 Å². The molecule has 1 aromatic heterocycles. The highest BCUT2D eigenvalue weighted by Gasteiger charge is 2.07. The van der Waals surface area contributed by atoms with Gasteiger partial charge in [-0.2, -0.15) is 0 Å². The lowest BCUT2D eigenvalue weighted by Gasteiger charge is -2.04. The number of anilines is 1. The number of carbonyl (C=O) groups is 1. The molecule has 0 aliphatic heterocycles. The number of benzene rings is 2. The minimum Gasteiger partial charge on any atom is -0.354 e. The first-order valence-corrected chi connectivity index (χ1v) is 6.44. The number of amides is 1. The molecule has 3 heteroatoms. The molecule has 0 aliphatic rings. The van der Waals surface area contributed by atoms with E-state index >= 15 is 0 Å². The molecule has 0 saturated heterocycles. The van der Waals surface area contributed by atoms with Crippen LogP contribution in [0, 0.1) is 0 Å². The van der Waals surface area contributed by atoms with Gasteiger partial charge >= 0.3 is 0 Å². The molecule has 0 spiro atoms. The first-order chi connectivity index (χ1) is 9.19. The van der Waals surface area contributed by atoms with Crippen LogP contribution in [-0.2, 0) is 4.79 Å². The Morgan fingerprint density at radius 2 is 1.74 bits per heavy atom. The Labute approximate surface area is 111 Å². The lowest BCUT2D eigenvalue weighted by Crippen LogP contribution is -1.92. The molecule has 3 nitrogen and oxygen atoms in total. The van der Waals surface area contributed by atoms with Gasteiger partial charge in [-0.05, 0) is 29.7 Å². The Morgan fingerprint density at radius 3 is 2.42 bits per heavy atom. The summed E-state index contributed by atoms with van der Waals surface area (Å²) in [4.78, 5) is 13.9. The fourth-order valence-corrected chi connectivity index (χ4v) is 2.44. The summed E-state index contributed by atoms with van der Waals surface area (Å²) < 4.78 is 0. The summed E-state index contributed by atoms with van der Waals surface area (Å²) in [5.74, 6) is 0.517. The van der Waals surface area contributed by atoms with Crippen LogP contribution < -0.4 is 5.32 Å². The Balaban J connectivity index is 2.22. The van der Waals surface area contributed by atoms with Crippen molar-refractivity contribution in [3.05, 3.63) is 42.0 Å². The Morgan fingerprint density at radius 1 is 1.05 bits per heavy atom. The molecule has 3 rings (SSSR count). The second-order valence-corrected chi connectivity index (χ2v) is 5.11. The van der Waals surface area contributed by atoms with Crippen LogP contribution in [0.25, 0.3) is 21.8 Å². The maximum absolute atomic E-state index is 10.5. The van der Waals surface area contributed by atoms with Crippen LogP contribution in [-0.4, -0.2) is 11.4 Å². The van der Waals surface area contributed by atoms with Crippen LogP contribution in [0.4, 0.5) is 5.69 Å². The molecule has 96 valence electrons. The lowest BCUT2D eigenvalue weighted by molar-refractivity contribution is -0.105. The van der Waals surface area contributed by atoms with E-state index in [1.165, 1.54) is 16.3 Å². The van der Waals surface area contributed by atoms with Crippen molar-refractivity contribution < 1.29 is 4.79 Å². The minimum atomic E-state index is 0.517. The van der Waals surface area contributed by atoms with Crippen LogP contribution in [0.3, 0.4) is 0 Å². The fourth-order valence-electron chi connectivity index (χ4n) is 2.44. The van der Waals surface area contributed by atoms with Gasteiger partial charge in [-0.15, -0.1) is 0 Å². The number of carbonyl (C=O) groups excluding carboxylic acids is 1. The number of hydrogen-bond donors (Lipinski definition) is 2. The quantitative estimate of drug-likeness (QED) is 0.679. The van der Waals surface area contributed by atoms with E-state index in [1.54, 1.807) is 0 Å². The van der Waals surface area contributed by atoms with E-state index in [-0.39, 0.29) is 0 Å². The second-order valence-electron chi connectivity index (χ2n) is 5.11. The van der Waals surface area contributed by atoms with Gasteiger partial charge in [0.2, 0.25) is 6.41 Å². The normalized spacial score (nSPS) is 11.3. The molecule has 2 N–H and O–H groups in total. The van der Waals surface area contributed by atoms with Gasteiger partial charge in [0.15, 0.2) is 0 Å². The van der Waals surface area contributed by atoms with Crippen molar-refractivity contribution in [1.29, 1.82) is 0 Å². The summed E-state index contributed by atoms with van der Waals surface area (Å²) in [6, 6.07) is 12.5. The average Bonchev–Trinajstić information content (AvgIpc) is 2.75. The molecule has 1 heterocycles. The van der Waals surface area contributed by atoms with Gasteiger partial charge in [-0.25, -0.2) is 0 Å². The number of fused-ring (bicyclic) bond motifs is 3. The Bertz CT molecular complexity index is 756. The largest absolute Gasteiger partial charge is 0.354 e. The van der Waals surface area contributed by atoms with Gasteiger partial charge in [0, 0.05) is 27.5 Å². The number of aromatic nitrogens is 1. The zero-order chi connectivity index (χ0) is 13.4. The number of H-pyrrole nitrogens is 1. The molecule has 19 heavy (non-hydrogen) atoms. The minimum absolute atomic E-state index is 0.517. The molecule has 2 aromatic carbocycles. The van der Waals surface area contributed by atoms with Crippen LogP contribution in [0.2, 0.25) is 0 Å². The Kier molecular flexibility index (Phi) is 2.75. The van der Waals surface area contributed by atoms with E-state index < -0.39 is 0 Å². The molecular weight excluding hydrogens is 236 g/mol. The molecule has 0 aliphatic carbocycles. The molecular formula is C16H16N2O. The van der Waals surface area contributed by atoms with Crippen LogP contribution >= 0.6 is 0 Å². The molecule has 0 saturated carbocycles. The maximum atomic E-state index is 10.5. The Hall–Kier alpha value is -2.29. The molecule has 0 fully saturated rings. The van der Waals surface area contributed by atoms with E-state index in [2.05, 4.69) is 42.3 Å². The van der Waals surface area contributed by atoms with Crippen molar-refractivity contribution >= 4 is 33.9 Å². The highest BCUT2D eigenvalue weighted by atomic mass is 16.1. The summed E-state index contributed by atoms with van der Waals surface area (Å²) >= 11 is 0. The summed E-state index contributed by atoms with van der Waals surface area (Å²) in [5, 5.41) is 5.07. The van der Waals surface area contributed by atoms with Crippen molar-refractivity contribution in [2.75, 3.05) is 5.32 Å². The average molecular weight is 252 g/mol. The van der Waals surface area contributed by atoms with Crippen molar-refractivity contribution in [2.45, 2.75) is 19.8 Å². The van der Waals surface area contributed by atoms with Crippen molar-refractivity contribution in [3.63, 3.8) is 0 Å². The first-order valence-electron chi connectivity index (χ1n) is 6.44. The smallest absolute Gasteiger partial charge is 0.211 e. The molecule has 0 atom stereocenters. The molecule has 0 radical (unpaired) electrons. The summed E-state index contributed by atoms with van der Waals surface area (Å²) in [5.41, 5.74) is 4.32. The van der Waals surface area contributed by atoms with Crippen molar-refractivity contribution in [2.24, 2.45) is 0 Å². The zero-order valence-corrected chi connectivity index (χ0v) is 11.0. The van der Waals surface area contributed by atoms with E-state index in [0.29, 0.717) is 12.3 Å². The van der Waals surface area contributed by atoms with Gasteiger partial charge in [0.1, 0.15) is 0 Å². The van der Waals surface area contributed by atoms with Crippen LogP contribution in [0.5, 0.6) is 0 Å². The zero-order valence-electron chi connectivity index (χ0n) is 11.0. The van der Waals surface area contributed by atoms with E-state index in [4.69, 9.17) is 0 Å². The predicted molar refractivity (Wildman–Crippen MR) is 79.6 cm³/mol. The van der Waals surface area contributed by atoms with E-state index in [1.807, 2.05) is 18.2 Å². The van der Waals surface area contributed by atoms with Gasteiger partial charge in [-0.1, -0.05) is 32.0 Å². The third kappa shape index (κ3) is 1.97. The fraction of sp³-hybridized carbons (Fsp3) is 0.188. The van der Waals surface area contributed by atoms with Gasteiger partial charge in [-0.3, -0.25) is 4.79 Å². The van der Waals surface area contributed by atoms with Crippen molar-refractivity contribution in [3.8, 4) is 0 Å². The topological polar surface area (TPSA) is 44.9 Å². The molecule has 0 bridgehead atoms. The van der Waals surface area contributed by atoms with Gasteiger partial charge < -0.3 is 10.3 Å². The highest BCUT2D eigenvalue weighted by Crippen LogP contribution is 2.29. The summed E-state index contributed by atoms with van der Waals surface area (Å²) in [7, 11) is 0. The van der Waals surface area contributed by atoms with Crippen molar-refractivity contribution in [1.82, 2.24) is 4.98 Å². The van der Waals surface area contributed by atoms with E-state index in [0.717, 1.165) is 16.7 Å². The number of aromatic amines is 1. The number of rotatable bonds is 3. The monoisotopic (exact) mass is 252 g/mol. The van der Waals surface area contributed by atoms with Crippen LogP contribution in [0.15, 0.2) is 36.4 Å². The summed E-state index contributed by atoms with van der Waals surface area (Å²) in [6.07, 6.45) is 0.695. The first kappa shape index (κ1) is 11.8. The van der Waals surface area contributed by atoms with Gasteiger partial charge in [0.05, 0.1) is 0 Å². The second kappa shape index (κ2) is 4.43.